The van der Waals surface area contributed by atoms with Gasteiger partial charge in [-0.1, -0.05) is 28.4 Å². The van der Waals surface area contributed by atoms with E-state index in [2.05, 4.69) is 19.8 Å². The number of nitrogen functional groups attached to an aromatic ring is 1. The lowest BCUT2D eigenvalue weighted by atomic mass is 10.2. The van der Waals surface area contributed by atoms with Crippen molar-refractivity contribution in [1.82, 2.24) is 9.78 Å². The lowest BCUT2D eigenvalue weighted by molar-refractivity contribution is -0.137. The molecule has 13 heteroatoms. The van der Waals surface area contributed by atoms with Crippen molar-refractivity contribution >= 4 is 53.2 Å². The number of alkyl halides is 3. The van der Waals surface area contributed by atoms with Gasteiger partial charge in [-0.05, 0) is 18.4 Å². The maximum Gasteiger partial charge on any atom is 0.534 e. The quantitative estimate of drug-likeness (QED) is 0.244. The Hall–Kier alpha value is -2.11. The van der Waals surface area contributed by atoms with Gasteiger partial charge < -0.3 is 10.5 Å². The number of nitrogens with two attached hydrogens (primary N) is 1. The van der Waals surface area contributed by atoms with Crippen LogP contribution in [0.25, 0.3) is 5.69 Å². The smallest absolute Gasteiger partial charge is 0.436 e. The Bertz CT molecular complexity index is 879. The number of rotatable bonds is 4. The molecule has 2 N–H and O–H groups in total. The molecule has 0 aliphatic carbocycles. The Morgan fingerprint density at radius 2 is 1.96 bits per heavy atom. The van der Waals surface area contributed by atoms with Gasteiger partial charge in [-0.25, -0.2) is 9.48 Å². The molecule has 0 bridgehead atoms. The van der Waals surface area contributed by atoms with Crippen molar-refractivity contribution in [3.8, 4) is 5.69 Å². The predicted octanol–water partition coefficient (Wildman–Crippen LogP) is 4.62. The first kappa shape index (κ1) is 21.2. The summed E-state index contributed by atoms with van der Waals surface area (Å²) >= 11 is 13.2. The number of hydrogen-bond donors (Lipinski definition) is 1. The molecular weight excluding hydrogens is 432 g/mol. The molecule has 0 aliphatic rings. The normalized spacial score (nSPS) is 11.8. The van der Waals surface area contributed by atoms with Crippen LogP contribution in [0.3, 0.4) is 0 Å². The van der Waals surface area contributed by atoms with Gasteiger partial charge in [-0.2, -0.15) is 18.3 Å². The zero-order valence-electron chi connectivity index (χ0n) is 13.7. The molecule has 0 radical (unpaired) electrons. The summed E-state index contributed by atoms with van der Waals surface area (Å²) in [6, 6.07) is 1.44. The van der Waals surface area contributed by atoms with E-state index in [-0.39, 0.29) is 27.2 Å². The topological polar surface area (TPSA) is 91.7 Å². The van der Waals surface area contributed by atoms with E-state index in [1.807, 2.05) is 0 Å². The van der Waals surface area contributed by atoms with Gasteiger partial charge in [-0.3, -0.25) is 4.84 Å². The van der Waals surface area contributed by atoms with Gasteiger partial charge in [0.1, 0.15) is 17.2 Å². The standard InChI is InChI=1S/C14H11Cl2F3N4O3S/c1-25-13(24)26-21-5-9-11(27-2)12(20)23(22-9)10-7(15)3-6(4-8(10)16)14(17,18)19/h3-5H,20H2,1-2H3. The highest BCUT2D eigenvalue weighted by atomic mass is 35.5. The summed E-state index contributed by atoms with van der Waals surface area (Å²) in [6.45, 7) is 0. The average Bonchev–Trinajstić information content (AvgIpc) is 2.88. The fourth-order valence-corrected chi connectivity index (χ4v) is 3.23. The van der Waals surface area contributed by atoms with Crippen LogP contribution in [0.2, 0.25) is 10.0 Å². The number of benzene rings is 1. The highest BCUT2D eigenvalue weighted by molar-refractivity contribution is 7.98. The van der Waals surface area contributed by atoms with Crippen LogP contribution >= 0.6 is 35.0 Å². The molecule has 0 spiro atoms. The molecule has 1 aromatic carbocycles. The first-order valence-electron chi connectivity index (χ1n) is 6.87. The number of oxime groups is 1. The third-order valence-electron chi connectivity index (χ3n) is 3.13. The van der Waals surface area contributed by atoms with E-state index in [0.29, 0.717) is 4.90 Å². The molecule has 2 aromatic rings. The third-order valence-corrected chi connectivity index (χ3v) is 4.53. The van der Waals surface area contributed by atoms with Crippen LogP contribution in [0.5, 0.6) is 0 Å². The van der Waals surface area contributed by atoms with E-state index < -0.39 is 17.9 Å². The van der Waals surface area contributed by atoms with Crippen molar-refractivity contribution in [2.24, 2.45) is 5.16 Å². The van der Waals surface area contributed by atoms with Crippen molar-refractivity contribution in [1.29, 1.82) is 0 Å². The second kappa shape index (κ2) is 8.28. The van der Waals surface area contributed by atoms with Gasteiger partial charge >= 0.3 is 12.3 Å². The minimum Gasteiger partial charge on any atom is -0.436 e. The van der Waals surface area contributed by atoms with Crippen LogP contribution in [0.15, 0.2) is 22.2 Å². The molecule has 0 atom stereocenters. The molecule has 0 fully saturated rings. The van der Waals surface area contributed by atoms with Crippen LogP contribution in [0.4, 0.5) is 23.8 Å². The van der Waals surface area contributed by atoms with E-state index in [4.69, 9.17) is 28.9 Å². The Kier molecular flexibility index (Phi) is 6.50. The molecule has 1 aromatic heterocycles. The second-order valence-corrected chi connectivity index (χ2v) is 6.41. The highest BCUT2D eigenvalue weighted by Crippen LogP contribution is 2.39. The van der Waals surface area contributed by atoms with Crippen LogP contribution in [-0.4, -0.2) is 35.5 Å². The van der Waals surface area contributed by atoms with E-state index in [0.717, 1.165) is 30.1 Å². The van der Waals surface area contributed by atoms with Crippen molar-refractivity contribution < 1.29 is 27.5 Å². The van der Waals surface area contributed by atoms with Crippen LogP contribution in [-0.2, 0) is 15.8 Å². The summed E-state index contributed by atoms with van der Waals surface area (Å²) in [6.07, 6.45) is -2.89. The minimum atomic E-state index is -4.62. The molecule has 1 heterocycles. The number of carbonyl (C=O) groups excluding carboxylic acids is 1. The second-order valence-electron chi connectivity index (χ2n) is 4.78. The summed E-state index contributed by atoms with van der Waals surface area (Å²) in [5, 5.41) is 6.93. The number of thioether (sulfide) groups is 1. The molecule has 0 unspecified atom stereocenters. The van der Waals surface area contributed by atoms with Crippen molar-refractivity contribution in [2.45, 2.75) is 11.1 Å². The van der Waals surface area contributed by atoms with Crippen LogP contribution in [0.1, 0.15) is 11.3 Å². The average molecular weight is 443 g/mol. The van der Waals surface area contributed by atoms with E-state index in [9.17, 15) is 18.0 Å². The molecule has 0 saturated carbocycles. The van der Waals surface area contributed by atoms with Gasteiger partial charge in [0.05, 0.1) is 33.8 Å². The maximum atomic E-state index is 12.9. The Morgan fingerprint density at radius 3 is 2.44 bits per heavy atom. The van der Waals surface area contributed by atoms with E-state index in [1.54, 1.807) is 6.26 Å². The summed E-state index contributed by atoms with van der Waals surface area (Å²) in [5.74, 6) is 0.0607. The maximum absolute atomic E-state index is 12.9. The molecule has 0 aliphatic heterocycles. The van der Waals surface area contributed by atoms with Gasteiger partial charge in [0.15, 0.2) is 0 Å². The SMILES string of the molecule is COC(=O)ON=Cc1nn(-c2c(Cl)cc(C(F)(F)F)cc2Cl)c(N)c1SC. The number of methoxy groups -OCH3 is 1. The lowest BCUT2D eigenvalue weighted by Gasteiger charge is -2.13. The molecule has 0 saturated heterocycles. The Morgan fingerprint density at radius 1 is 1.37 bits per heavy atom. The predicted molar refractivity (Wildman–Crippen MR) is 95.9 cm³/mol. The van der Waals surface area contributed by atoms with E-state index >= 15 is 0 Å². The molecule has 146 valence electrons. The van der Waals surface area contributed by atoms with Crippen LogP contribution in [0, 0.1) is 0 Å². The monoisotopic (exact) mass is 442 g/mol. The highest BCUT2D eigenvalue weighted by Gasteiger charge is 2.32. The van der Waals surface area contributed by atoms with Gasteiger partial charge in [-0.15, -0.1) is 11.8 Å². The minimum absolute atomic E-state index is 0.0346. The zero-order chi connectivity index (χ0) is 20.4. The van der Waals surface area contributed by atoms with Crippen molar-refractivity contribution in [2.75, 3.05) is 19.1 Å². The number of halogens is 5. The number of carbonyl (C=O) groups is 1. The lowest BCUT2D eigenvalue weighted by Crippen LogP contribution is -2.08. The summed E-state index contributed by atoms with van der Waals surface area (Å²) in [4.78, 5) is 15.7. The van der Waals surface area contributed by atoms with Crippen LogP contribution < -0.4 is 5.73 Å². The molecule has 2 rings (SSSR count). The summed E-state index contributed by atoms with van der Waals surface area (Å²) in [7, 11) is 1.10. The summed E-state index contributed by atoms with van der Waals surface area (Å²) in [5.41, 5.74) is 5.15. The Balaban J connectivity index is 2.52. The van der Waals surface area contributed by atoms with Gasteiger partial charge in [0, 0.05) is 0 Å². The summed E-state index contributed by atoms with van der Waals surface area (Å²) < 4.78 is 44.0. The van der Waals surface area contributed by atoms with Crippen molar-refractivity contribution in [3.63, 3.8) is 0 Å². The zero-order valence-corrected chi connectivity index (χ0v) is 16.0. The molecular formula is C14H11Cl2F3N4O3S. The Labute approximate surface area is 165 Å². The number of anilines is 1. The largest absolute Gasteiger partial charge is 0.534 e. The number of ether oxygens (including phenoxy) is 1. The number of hydrogen-bond acceptors (Lipinski definition) is 7. The van der Waals surface area contributed by atoms with Crippen molar-refractivity contribution in [3.05, 3.63) is 33.4 Å². The van der Waals surface area contributed by atoms with Gasteiger partial charge in [0.25, 0.3) is 0 Å². The molecule has 27 heavy (non-hydrogen) atoms. The number of aromatic nitrogens is 2. The fourth-order valence-electron chi connectivity index (χ4n) is 1.99. The molecule has 0 amide bonds. The number of nitrogens with zero attached hydrogens (tertiary/aromatic N) is 3. The third kappa shape index (κ3) is 4.60. The molecule has 7 nitrogen and oxygen atoms in total. The van der Waals surface area contributed by atoms with Gasteiger partial charge in [0.2, 0.25) is 0 Å². The fraction of sp³-hybridized carbons (Fsp3) is 0.214. The first-order chi connectivity index (χ1) is 12.6. The van der Waals surface area contributed by atoms with E-state index in [1.165, 1.54) is 11.8 Å². The first-order valence-corrected chi connectivity index (χ1v) is 8.85.